The summed E-state index contributed by atoms with van der Waals surface area (Å²) < 4.78 is 40.7. The fourth-order valence-corrected chi connectivity index (χ4v) is 4.24. The van der Waals surface area contributed by atoms with E-state index in [0.717, 1.165) is 23.3 Å². The molecule has 0 unspecified atom stereocenters. The van der Waals surface area contributed by atoms with E-state index in [1.807, 2.05) is 24.3 Å². The summed E-state index contributed by atoms with van der Waals surface area (Å²) >= 11 is 0. The van der Waals surface area contributed by atoms with Crippen molar-refractivity contribution in [3.05, 3.63) is 78.4 Å². The maximum Gasteiger partial charge on any atom is 0.573 e. The van der Waals surface area contributed by atoms with Crippen molar-refractivity contribution in [1.29, 1.82) is 0 Å². The average molecular weight is 454 g/mol. The predicted octanol–water partition coefficient (Wildman–Crippen LogP) is 7.94. The predicted molar refractivity (Wildman–Crippen MR) is 123 cm³/mol. The maximum atomic E-state index is 12.5. The van der Waals surface area contributed by atoms with Crippen LogP contribution in [0, 0.1) is 0 Å². The van der Waals surface area contributed by atoms with Crippen molar-refractivity contribution in [2.24, 2.45) is 0 Å². The molecule has 0 saturated heterocycles. The molecule has 2 N–H and O–H groups in total. The van der Waals surface area contributed by atoms with Gasteiger partial charge >= 0.3 is 12.4 Å². The highest BCUT2D eigenvalue weighted by Gasteiger charge is 2.31. The average Bonchev–Trinajstić information content (AvgIpc) is 2.80. The summed E-state index contributed by atoms with van der Waals surface area (Å²) in [7, 11) is 0. The van der Waals surface area contributed by atoms with Crippen LogP contribution in [-0.4, -0.2) is 12.4 Å². The fraction of sp³-hybridized carbons (Fsp3) is 0.269. The molecule has 33 heavy (non-hydrogen) atoms. The van der Waals surface area contributed by atoms with Crippen molar-refractivity contribution in [2.75, 3.05) is 10.6 Å². The number of carbonyl (C=O) groups excluding carboxylic acids is 1. The summed E-state index contributed by atoms with van der Waals surface area (Å²) in [4.78, 5) is 12.5. The molecule has 4 nitrogen and oxygen atoms in total. The molecule has 0 heterocycles. The van der Waals surface area contributed by atoms with E-state index in [4.69, 9.17) is 0 Å². The van der Waals surface area contributed by atoms with Crippen LogP contribution < -0.4 is 15.4 Å². The Balaban J connectivity index is 1.42. The first-order valence-electron chi connectivity index (χ1n) is 11.0. The molecule has 2 amide bonds. The molecule has 0 aliphatic heterocycles. The normalized spacial score (nSPS) is 14.5. The van der Waals surface area contributed by atoms with Crippen LogP contribution in [0.4, 0.5) is 29.3 Å². The second-order valence-corrected chi connectivity index (χ2v) is 8.15. The van der Waals surface area contributed by atoms with Crippen LogP contribution in [0.3, 0.4) is 0 Å². The molecule has 3 aromatic rings. The Kier molecular flexibility index (Phi) is 6.87. The molecule has 1 aliphatic carbocycles. The van der Waals surface area contributed by atoms with Crippen LogP contribution in [0.2, 0.25) is 0 Å². The van der Waals surface area contributed by atoms with Crippen molar-refractivity contribution in [3.63, 3.8) is 0 Å². The second-order valence-electron chi connectivity index (χ2n) is 8.15. The molecule has 0 radical (unpaired) electrons. The van der Waals surface area contributed by atoms with E-state index in [1.165, 1.54) is 49.8 Å². The summed E-state index contributed by atoms with van der Waals surface area (Å²) in [5, 5.41) is 5.45. The third-order valence-corrected chi connectivity index (χ3v) is 5.82. The first kappa shape index (κ1) is 22.7. The lowest BCUT2D eigenvalue weighted by Gasteiger charge is -2.22. The van der Waals surface area contributed by atoms with Crippen LogP contribution in [0.25, 0.3) is 11.1 Å². The van der Waals surface area contributed by atoms with Crippen LogP contribution in [0.15, 0.2) is 72.8 Å². The lowest BCUT2D eigenvalue weighted by molar-refractivity contribution is -0.274. The molecule has 7 heteroatoms. The Morgan fingerprint density at radius 1 is 0.818 bits per heavy atom. The van der Waals surface area contributed by atoms with Crippen molar-refractivity contribution in [1.82, 2.24) is 0 Å². The lowest BCUT2D eigenvalue weighted by atomic mass is 9.83. The van der Waals surface area contributed by atoms with E-state index in [0.29, 0.717) is 17.3 Å². The van der Waals surface area contributed by atoms with E-state index in [1.54, 1.807) is 0 Å². The van der Waals surface area contributed by atoms with Crippen LogP contribution >= 0.6 is 0 Å². The molecule has 0 bridgehead atoms. The van der Waals surface area contributed by atoms with Gasteiger partial charge < -0.3 is 15.4 Å². The van der Waals surface area contributed by atoms with E-state index < -0.39 is 12.4 Å². The molecular weight excluding hydrogens is 429 g/mol. The molecule has 4 rings (SSSR count). The number of hydrogen-bond acceptors (Lipinski definition) is 2. The fourth-order valence-electron chi connectivity index (χ4n) is 4.24. The number of hydrogen-bond donors (Lipinski definition) is 2. The third-order valence-electron chi connectivity index (χ3n) is 5.82. The number of para-hydroxylation sites is 1. The zero-order valence-electron chi connectivity index (χ0n) is 18.0. The van der Waals surface area contributed by atoms with Gasteiger partial charge in [0.1, 0.15) is 5.75 Å². The number of rotatable bonds is 5. The standard InChI is InChI=1S/C26H25F3N2O2/c27-26(28,29)33-22-16-14-21(15-17-22)30-25(32)31-24-9-5-4-8-23(24)20-12-10-19(11-13-20)18-6-2-1-3-7-18/h4-5,8-18H,1-3,6-7H2,(H2,30,31,32). The largest absolute Gasteiger partial charge is 0.573 e. The van der Waals surface area contributed by atoms with Gasteiger partial charge in [0.15, 0.2) is 0 Å². The Morgan fingerprint density at radius 3 is 2.15 bits per heavy atom. The first-order chi connectivity index (χ1) is 15.9. The van der Waals surface area contributed by atoms with Gasteiger partial charge in [0.05, 0.1) is 5.69 Å². The van der Waals surface area contributed by atoms with Gasteiger partial charge in [-0.2, -0.15) is 0 Å². The molecule has 172 valence electrons. The van der Waals surface area contributed by atoms with E-state index in [2.05, 4.69) is 39.6 Å². The SMILES string of the molecule is O=C(Nc1ccc(OC(F)(F)F)cc1)Nc1ccccc1-c1ccc(C2CCCCC2)cc1. The van der Waals surface area contributed by atoms with Crippen LogP contribution in [-0.2, 0) is 0 Å². The number of nitrogens with one attached hydrogen (secondary N) is 2. The third kappa shape index (κ3) is 6.28. The molecule has 1 saturated carbocycles. The van der Waals surface area contributed by atoms with Gasteiger partial charge in [-0.1, -0.05) is 61.7 Å². The number of anilines is 2. The minimum atomic E-state index is -4.76. The maximum absolute atomic E-state index is 12.5. The monoisotopic (exact) mass is 454 g/mol. The van der Waals surface area contributed by atoms with Gasteiger partial charge in [0, 0.05) is 11.3 Å². The number of urea groups is 1. The Morgan fingerprint density at radius 2 is 1.48 bits per heavy atom. The van der Waals surface area contributed by atoms with Gasteiger partial charge in [-0.05, 0) is 60.2 Å². The second kappa shape index (κ2) is 9.98. The van der Waals surface area contributed by atoms with E-state index >= 15 is 0 Å². The summed E-state index contributed by atoms with van der Waals surface area (Å²) in [6.45, 7) is 0. The first-order valence-corrected chi connectivity index (χ1v) is 11.0. The molecule has 1 aliphatic rings. The lowest BCUT2D eigenvalue weighted by Crippen LogP contribution is -2.20. The van der Waals surface area contributed by atoms with Gasteiger partial charge in [-0.25, -0.2) is 4.79 Å². The number of amides is 2. The van der Waals surface area contributed by atoms with Crippen LogP contribution in [0.5, 0.6) is 5.75 Å². The zero-order chi connectivity index (χ0) is 23.3. The molecule has 1 fully saturated rings. The highest BCUT2D eigenvalue weighted by Crippen LogP contribution is 2.35. The number of carbonyl (C=O) groups is 1. The quantitative estimate of drug-likeness (QED) is 0.411. The molecule has 0 spiro atoms. The molecule has 0 atom stereocenters. The number of benzene rings is 3. The molecule has 0 aromatic heterocycles. The Hall–Kier alpha value is -3.48. The van der Waals surface area contributed by atoms with Gasteiger partial charge in [0.25, 0.3) is 0 Å². The number of halogens is 3. The highest BCUT2D eigenvalue weighted by molar-refractivity contribution is 6.02. The Bertz CT molecular complexity index is 1070. The highest BCUT2D eigenvalue weighted by atomic mass is 19.4. The van der Waals surface area contributed by atoms with Gasteiger partial charge in [-0.15, -0.1) is 13.2 Å². The van der Waals surface area contributed by atoms with E-state index in [9.17, 15) is 18.0 Å². The minimum Gasteiger partial charge on any atom is -0.406 e. The Labute approximate surface area is 190 Å². The van der Waals surface area contributed by atoms with Crippen molar-refractivity contribution >= 4 is 17.4 Å². The topological polar surface area (TPSA) is 50.4 Å². The van der Waals surface area contributed by atoms with Crippen molar-refractivity contribution < 1.29 is 22.7 Å². The zero-order valence-corrected chi connectivity index (χ0v) is 18.0. The minimum absolute atomic E-state index is 0.344. The summed E-state index contributed by atoms with van der Waals surface area (Å²) in [6, 6.07) is 20.5. The summed E-state index contributed by atoms with van der Waals surface area (Å²) in [5.41, 5.74) is 4.23. The number of ether oxygens (including phenoxy) is 1. The van der Waals surface area contributed by atoms with Gasteiger partial charge in [-0.3, -0.25) is 0 Å². The van der Waals surface area contributed by atoms with Crippen LogP contribution in [0.1, 0.15) is 43.6 Å². The summed E-state index contributed by atoms with van der Waals surface area (Å²) in [5.74, 6) is 0.273. The van der Waals surface area contributed by atoms with E-state index in [-0.39, 0.29) is 5.75 Å². The smallest absolute Gasteiger partial charge is 0.406 e. The van der Waals surface area contributed by atoms with Crippen molar-refractivity contribution in [2.45, 2.75) is 44.4 Å². The van der Waals surface area contributed by atoms with Gasteiger partial charge in [0.2, 0.25) is 0 Å². The number of alkyl halides is 3. The molecular formula is C26H25F3N2O2. The van der Waals surface area contributed by atoms with Crippen molar-refractivity contribution in [3.8, 4) is 16.9 Å². The summed E-state index contributed by atoms with van der Waals surface area (Å²) in [6.07, 6.45) is 1.60. The molecule has 3 aromatic carbocycles.